The average molecular weight is 435 g/mol. The van der Waals surface area contributed by atoms with Crippen molar-refractivity contribution in [1.29, 1.82) is 0 Å². The molecule has 2 aliphatic rings. The molecule has 4 rings (SSSR count). The van der Waals surface area contributed by atoms with E-state index in [9.17, 15) is 14.4 Å². The van der Waals surface area contributed by atoms with Crippen molar-refractivity contribution in [3.8, 4) is 11.1 Å². The number of amides is 2. The number of nitrogens with one attached hydrogen (secondary N) is 1. The van der Waals surface area contributed by atoms with E-state index in [4.69, 9.17) is 4.74 Å². The minimum Gasteiger partial charge on any atom is -0.454 e. The summed E-state index contributed by atoms with van der Waals surface area (Å²) in [5.74, 6) is 0.217. The van der Waals surface area contributed by atoms with Crippen LogP contribution in [0, 0.1) is 11.8 Å². The van der Waals surface area contributed by atoms with E-state index in [0.717, 1.165) is 36.6 Å². The normalized spacial score (nSPS) is 20.2. The number of fused-ring (bicyclic) bond motifs is 1. The molecule has 2 aromatic carbocycles. The largest absolute Gasteiger partial charge is 0.454 e. The van der Waals surface area contributed by atoms with Crippen molar-refractivity contribution < 1.29 is 19.1 Å². The number of piperidine rings is 1. The van der Waals surface area contributed by atoms with Gasteiger partial charge in [-0.15, -0.1) is 0 Å². The molecular formula is C26H30N2O4. The van der Waals surface area contributed by atoms with Crippen molar-refractivity contribution in [1.82, 2.24) is 10.2 Å². The number of hydrogen-bond donors (Lipinski definition) is 1. The first kappa shape index (κ1) is 22.1. The zero-order chi connectivity index (χ0) is 22.3. The van der Waals surface area contributed by atoms with Crippen molar-refractivity contribution in [3.05, 3.63) is 60.2 Å². The molecule has 1 aliphatic carbocycles. The van der Waals surface area contributed by atoms with E-state index in [-0.39, 0.29) is 25.0 Å². The van der Waals surface area contributed by atoms with Crippen LogP contribution in [0.4, 0.5) is 0 Å². The summed E-state index contributed by atoms with van der Waals surface area (Å²) in [4.78, 5) is 38.6. The van der Waals surface area contributed by atoms with Crippen molar-refractivity contribution in [2.75, 3.05) is 26.2 Å². The highest BCUT2D eigenvalue weighted by Crippen LogP contribution is 2.36. The molecule has 0 bridgehead atoms. The number of nitrogens with zero attached hydrogens (tertiary/aromatic N) is 1. The molecule has 2 aromatic rings. The minimum absolute atomic E-state index is 0.148. The summed E-state index contributed by atoms with van der Waals surface area (Å²) in [5, 5.41) is 2.56. The number of benzene rings is 2. The third-order valence-corrected chi connectivity index (χ3v) is 6.65. The van der Waals surface area contributed by atoms with E-state index < -0.39 is 5.97 Å². The summed E-state index contributed by atoms with van der Waals surface area (Å²) in [6.45, 7) is 0.985. The molecule has 2 unspecified atom stereocenters. The molecule has 1 N–H and O–H groups in total. The molecule has 0 aromatic heterocycles. The summed E-state index contributed by atoms with van der Waals surface area (Å²) in [7, 11) is 0. The molecule has 6 heteroatoms. The van der Waals surface area contributed by atoms with Gasteiger partial charge in [-0.1, -0.05) is 61.7 Å². The second-order valence-corrected chi connectivity index (χ2v) is 8.72. The zero-order valence-electron chi connectivity index (χ0n) is 18.3. The van der Waals surface area contributed by atoms with Gasteiger partial charge < -0.3 is 15.0 Å². The van der Waals surface area contributed by atoms with Gasteiger partial charge in [-0.25, -0.2) is 0 Å². The molecule has 2 atom stereocenters. The number of ether oxygens (including phenoxy) is 1. The van der Waals surface area contributed by atoms with Crippen LogP contribution >= 0.6 is 0 Å². The molecule has 0 spiro atoms. The second-order valence-electron chi connectivity index (χ2n) is 8.72. The second kappa shape index (κ2) is 10.4. The Bertz CT molecular complexity index is 942. The topological polar surface area (TPSA) is 75.7 Å². The number of hydrogen-bond acceptors (Lipinski definition) is 4. The lowest BCUT2D eigenvalue weighted by atomic mass is 9.75. The molecule has 2 fully saturated rings. The van der Waals surface area contributed by atoms with E-state index in [2.05, 4.69) is 5.32 Å². The summed E-state index contributed by atoms with van der Waals surface area (Å²) >= 11 is 0. The highest BCUT2D eigenvalue weighted by molar-refractivity contribution is 5.96. The van der Waals surface area contributed by atoms with Gasteiger partial charge in [0, 0.05) is 18.7 Å². The number of likely N-dealkylation sites (tertiary alicyclic amines) is 1. The van der Waals surface area contributed by atoms with Crippen LogP contribution in [0.1, 0.15) is 42.5 Å². The van der Waals surface area contributed by atoms with Crippen LogP contribution in [0.3, 0.4) is 0 Å². The fourth-order valence-electron chi connectivity index (χ4n) is 4.81. The van der Waals surface area contributed by atoms with Crippen LogP contribution in [0.5, 0.6) is 0 Å². The minimum atomic E-state index is -0.611. The van der Waals surface area contributed by atoms with Gasteiger partial charge in [0.2, 0.25) is 0 Å². The Morgan fingerprint density at radius 3 is 2.31 bits per heavy atom. The van der Waals surface area contributed by atoms with Gasteiger partial charge >= 0.3 is 5.97 Å². The fraction of sp³-hybridized carbons (Fsp3) is 0.423. The van der Waals surface area contributed by atoms with Gasteiger partial charge in [0.15, 0.2) is 6.61 Å². The van der Waals surface area contributed by atoms with Crippen LogP contribution in [0.15, 0.2) is 54.6 Å². The highest BCUT2D eigenvalue weighted by atomic mass is 16.5. The first-order chi connectivity index (χ1) is 15.6. The molecule has 1 saturated heterocycles. The Kier molecular flexibility index (Phi) is 7.20. The molecule has 0 radical (unpaired) electrons. The number of rotatable bonds is 6. The Hall–Kier alpha value is -3.15. The lowest BCUT2D eigenvalue weighted by molar-refractivity contribution is -0.152. The fourth-order valence-corrected chi connectivity index (χ4v) is 4.81. The Labute approximate surface area is 188 Å². The van der Waals surface area contributed by atoms with Crippen LogP contribution < -0.4 is 5.32 Å². The monoisotopic (exact) mass is 434 g/mol. The summed E-state index contributed by atoms with van der Waals surface area (Å²) in [5.41, 5.74) is 2.54. The van der Waals surface area contributed by atoms with E-state index in [1.54, 1.807) is 12.1 Å². The Morgan fingerprint density at radius 1 is 0.875 bits per heavy atom. The third-order valence-electron chi connectivity index (χ3n) is 6.65. The standard InChI is InChI=1S/C26H30N2O4/c29-24(28-15-14-20-8-4-5-9-23(20)17-28)18-32-25(30)16-27-26(31)22-12-10-21(11-13-22)19-6-2-1-3-7-19/h1-3,6-7,10-13,20,23H,4-5,8-9,14-18H2,(H,27,31). The Morgan fingerprint density at radius 2 is 1.56 bits per heavy atom. The zero-order valence-corrected chi connectivity index (χ0v) is 18.3. The SMILES string of the molecule is O=C(CNC(=O)c1ccc(-c2ccccc2)cc1)OCC(=O)N1CCC2CCCCC2C1. The molecule has 1 heterocycles. The van der Waals surface area contributed by atoms with Gasteiger partial charge in [0.05, 0.1) is 0 Å². The van der Waals surface area contributed by atoms with E-state index in [1.165, 1.54) is 25.7 Å². The van der Waals surface area contributed by atoms with Crippen molar-refractivity contribution >= 4 is 17.8 Å². The maximum absolute atomic E-state index is 12.4. The smallest absolute Gasteiger partial charge is 0.325 e. The molecular weight excluding hydrogens is 404 g/mol. The van der Waals surface area contributed by atoms with Gasteiger partial charge in [-0.3, -0.25) is 14.4 Å². The van der Waals surface area contributed by atoms with Crippen molar-refractivity contribution in [2.24, 2.45) is 11.8 Å². The van der Waals surface area contributed by atoms with Gasteiger partial charge in [0.25, 0.3) is 11.8 Å². The molecule has 32 heavy (non-hydrogen) atoms. The predicted molar refractivity (Wildman–Crippen MR) is 122 cm³/mol. The summed E-state index contributed by atoms with van der Waals surface area (Å²) < 4.78 is 5.11. The molecule has 1 saturated carbocycles. The van der Waals surface area contributed by atoms with Gasteiger partial charge in [0.1, 0.15) is 6.54 Å². The van der Waals surface area contributed by atoms with Gasteiger partial charge in [-0.2, -0.15) is 0 Å². The molecule has 6 nitrogen and oxygen atoms in total. The average Bonchev–Trinajstić information content (AvgIpc) is 2.86. The molecule has 1 aliphatic heterocycles. The Balaban J connectivity index is 1.19. The quantitative estimate of drug-likeness (QED) is 0.704. The maximum Gasteiger partial charge on any atom is 0.325 e. The number of esters is 1. The lowest BCUT2D eigenvalue weighted by Crippen LogP contribution is -2.46. The van der Waals surface area contributed by atoms with E-state index >= 15 is 0 Å². The van der Waals surface area contributed by atoms with Gasteiger partial charge in [-0.05, 0) is 47.9 Å². The predicted octanol–water partition coefficient (Wildman–Crippen LogP) is 3.67. The van der Waals surface area contributed by atoms with E-state index in [1.807, 2.05) is 47.4 Å². The molecule has 168 valence electrons. The number of carbonyl (C=O) groups excluding carboxylic acids is 3. The van der Waals surface area contributed by atoms with Crippen LogP contribution in [0.2, 0.25) is 0 Å². The maximum atomic E-state index is 12.4. The summed E-state index contributed by atoms with van der Waals surface area (Å²) in [6.07, 6.45) is 6.05. The van der Waals surface area contributed by atoms with Crippen LogP contribution in [0.25, 0.3) is 11.1 Å². The van der Waals surface area contributed by atoms with Crippen LogP contribution in [-0.2, 0) is 14.3 Å². The number of carbonyl (C=O) groups is 3. The first-order valence-electron chi connectivity index (χ1n) is 11.5. The third kappa shape index (κ3) is 5.55. The first-order valence-corrected chi connectivity index (χ1v) is 11.5. The van der Waals surface area contributed by atoms with Crippen molar-refractivity contribution in [3.63, 3.8) is 0 Å². The van der Waals surface area contributed by atoms with Crippen molar-refractivity contribution in [2.45, 2.75) is 32.1 Å². The van der Waals surface area contributed by atoms with Crippen LogP contribution in [-0.4, -0.2) is 48.9 Å². The summed E-state index contributed by atoms with van der Waals surface area (Å²) in [6, 6.07) is 17.1. The lowest BCUT2D eigenvalue weighted by Gasteiger charge is -2.41. The highest BCUT2D eigenvalue weighted by Gasteiger charge is 2.33. The molecule has 2 amide bonds. The van der Waals surface area contributed by atoms with E-state index in [0.29, 0.717) is 11.5 Å².